The van der Waals surface area contributed by atoms with Crippen LogP contribution in [0.4, 0.5) is 11.4 Å². The van der Waals surface area contributed by atoms with E-state index in [-0.39, 0.29) is 16.5 Å². The number of amides is 1. The van der Waals surface area contributed by atoms with Gasteiger partial charge in [-0.25, -0.2) is 0 Å². The molecule has 26 heavy (non-hydrogen) atoms. The summed E-state index contributed by atoms with van der Waals surface area (Å²) in [5.41, 5.74) is 7.27. The van der Waals surface area contributed by atoms with Crippen molar-refractivity contribution in [1.82, 2.24) is 9.40 Å². The monoisotopic (exact) mass is 391 g/mol. The highest BCUT2D eigenvalue weighted by molar-refractivity contribution is 7.89. The van der Waals surface area contributed by atoms with Gasteiger partial charge in [-0.05, 0) is 30.3 Å². The number of carbonyl (C=O) groups is 1. The highest BCUT2D eigenvalue weighted by Crippen LogP contribution is 2.22. The molecule has 3 aromatic rings. The van der Waals surface area contributed by atoms with Crippen LogP contribution in [-0.4, -0.2) is 18.9 Å². The van der Waals surface area contributed by atoms with Gasteiger partial charge in [0.05, 0.1) is 26.5 Å². The Labute approximate surface area is 154 Å². The van der Waals surface area contributed by atoms with Gasteiger partial charge < -0.3 is 15.6 Å². The number of nitrogens with zero attached hydrogens (tertiary/aromatic N) is 2. The van der Waals surface area contributed by atoms with Crippen molar-refractivity contribution < 1.29 is 13.2 Å². The molecule has 1 heterocycles. The molecule has 4 N–H and O–H groups in total. The Hall–Kier alpha value is -2.85. The number of hydrogen-bond acceptors (Lipinski definition) is 6. The van der Waals surface area contributed by atoms with E-state index in [1.165, 1.54) is 36.5 Å². The fraction of sp³-hybridized carbons (Fsp3) is 0.125. The zero-order valence-corrected chi connectivity index (χ0v) is 15.7. The fourth-order valence-corrected chi connectivity index (χ4v) is 4.23. The Balaban J connectivity index is 1.92. The summed E-state index contributed by atoms with van der Waals surface area (Å²) >= 11 is 1.37. The molecule has 0 spiro atoms. The lowest BCUT2D eigenvalue weighted by Crippen LogP contribution is -2.23. The van der Waals surface area contributed by atoms with Crippen LogP contribution in [0.2, 0.25) is 0 Å². The van der Waals surface area contributed by atoms with Gasteiger partial charge in [-0.2, -0.15) is 13.2 Å². The summed E-state index contributed by atoms with van der Waals surface area (Å²) in [7, 11) is -2.08. The van der Waals surface area contributed by atoms with E-state index in [2.05, 4.69) is 15.2 Å². The molecular formula is C16H17N5O3S2. The Bertz CT molecular complexity index is 1160. The van der Waals surface area contributed by atoms with E-state index in [1.807, 2.05) is 31.3 Å². The van der Waals surface area contributed by atoms with E-state index in [0.717, 1.165) is 10.2 Å². The Kier molecular flexibility index (Phi) is 4.70. The summed E-state index contributed by atoms with van der Waals surface area (Å²) in [5, 5.41) is 6.55. The van der Waals surface area contributed by atoms with Crippen molar-refractivity contribution in [3.63, 3.8) is 0 Å². The Morgan fingerprint density at radius 3 is 2.62 bits per heavy atom. The van der Waals surface area contributed by atoms with E-state index >= 15 is 0 Å². The van der Waals surface area contributed by atoms with Crippen LogP contribution in [0.5, 0.6) is 0 Å². The number of para-hydroxylation sites is 1. The number of nitrogen functional groups attached to an aromatic ring is 1. The van der Waals surface area contributed by atoms with E-state index in [9.17, 15) is 13.2 Å². The number of carbonyl (C=O) groups excluding carboxylic acids is 1. The van der Waals surface area contributed by atoms with Crippen molar-refractivity contribution in [3.8, 4) is 0 Å². The van der Waals surface area contributed by atoms with Crippen molar-refractivity contribution in [2.75, 3.05) is 11.1 Å². The zero-order chi connectivity index (χ0) is 18.9. The van der Waals surface area contributed by atoms with Gasteiger partial charge in [-0.3, -0.25) is 4.79 Å². The second-order valence-corrected chi connectivity index (χ2v) is 8.22. The summed E-state index contributed by atoms with van der Waals surface area (Å²) < 4.78 is 27.7. The maximum Gasteiger partial charge on any atom is 0.276 e. The number of rotatable bonds is 4. The van der Waals surface area contributed by atoms with Crippen molar-refractivity contribution in [1.29, 1.82) is 0 Å². The molecule has 0 aliphatic rings. The smallest absolute Gasteiger partial charge is 0.276 e. The largest absolute Gasteiger partial charge is 0.397 e. The lowest BCUT2D eigenvalue weighted by atomic mass is 10.2. The Morgan fingerprint density at radius 1 is 1.23 bits per heavy atom. The SMILES string of the molecule is CC(=O)Nc1ccc(S(=O)(=O)N/N=c2\sc3ccccc3n2C)cc1N. The van der Waals surface area contributed by atoms with Crippen molar-refractivity contribution in [3.05, 3.63) is 47.3 Å². The maximum absolute atomic E-state index is 12.5. The highest BCUT2D eigenvalue weighted by Gasteiger charge is 2.15. The first-order chi connectivity index (χ1) is 12.3. The summed E-state index contributed by atoms with van der Waals surface area (Å²) in [6.45, 7) is 1.34. The van der Waals surface area contributed by atoms with Gasteiger partial charge in [0, 0.05) is 14.0 Å². The number of aromatic nitrogens is 1. The van der Waals surface area contributed by atoms with Crippen LogP contribution < -0.4 is 20.7 Å². The molecule has 0 aliphatic heterocycles. The Morgan fingerprint density at radius 2 is 1.96 bits per heavy atom. The van der Waals surface area contributed by atoms with E-state index in [0.29, 0.717) is 10.5 Å². The number of sulfonamides is 1. The van der Waals surface area contributed by atoms with Gasteiger partial charge in [-0.15, -0.1) is 5.10 Å². The first-order valence-corrected chi connectivity index (χ1v) is 9.85. The fourth-order valence-electron chi connectivity index (χ4n) is 2.35. The number of aryl methyl sites for hydroxylation is 1. The molecule has 10 heteroatoms. The molecule has 0 unspecified atom stereocenters. The molecule has 3 rings (SSSR count). The third-order valence-electron chi connectivity index (χ3n) is 3.62. The summed E-state index contributed by atoms with van der Waals surface area (Å²) in [4.78, 5) is 13.8. The number of nitrogens with one attached hydrogen (secondary N) is 2. The van der Waals surface area contributed by atoms with Crippen molar-refractivity contribution in [2.24, 2.45) is 12.1 Å². The van der Waals surface area contributed by atoms with Gasteiger partial charge in [0.2, 0.25) is 10.7 Å². The van der Waals surface area contributed by atoms with Crippen LogP contribution in [-0.2, 0) is 21.9 Å². The second kappa shape index (κ2) is 6.81. The summed E-state index contributed by atoms with van der Waals surface area (Å²) in [6, 6.07) is 11.7. The van der Waals surface area contributed by atoms with Gasteiger partial charge >= 0.3 is 0 Å². The van der Waals surface area contributed by atoms with Gasteiger partial charge in [0.25, 0.3) is 10.0 Å². The topological polar surface area (TPSA) is 119 Å². The molecule has 1 amide bonds. The number of thiazole rings is 1. The predicted molar refractivity (Wildman–Crippen MR) is 102 cm³/mol. The van der Waals surface area contributed by atoms with Crippen LogP contribution in [0.3, 0.4) is 0 Å². The molecule has 0 bridgehead atoms. The molecule has 0 atom stereocenters. The standard InChI is InChI=1S/C16H17N5O3S2/c1-10(22)18-13-8-7-11(9-12(13)17)26(23,24)20-19-16-21(2)14-5-3-4-6-15(14)25-16/h3-9,20H,17H2,1-2H3,(H,18,22)/b19-16-. The van der Waals surface area contributed by atoms with E-state index in [4.69, 9.17) is 5.73 Å². The van der Waals surface area contributed by atoms with Crippen molar-refractivity contribution >= 4 is 48.9 Å². The van der Waals surface area contributed by atoms with Crippen LogP contribution in [0.25, 0.3) is 10.2 Å². The number of benzene rings is 2. The lowest BCUT2D eigenvalue weighted by molar-refractivity contribution is -0.114. The van der Waals surface area contributed by atoms with Crippen LogP contribution in [0.1, 0.15) is 6.92 Å². The first kappa shape index (κ1) is 18.0. The number of nitrogens with two attached hydrogens (primary N) is 1. The third-order valence-corrected chi connectivity index (χ3v) is 5.94. The summed E-state index contributed by atoms with van der Waals surface area (Å²) in [6.07, 6.45) is 0. The molecule has 136 valence electrons. The minimum atomic E-state index is -3.90. The molecule has 1 aromatic heterocycles. The second-order valence-electron chi connectivity index (χ2n) is 5.55. The molecule has 0 saturated carbocycles. The number of fused-ring (bicyclic) bond motifs is 1. The van der Waals surface area contributed by atoms with E-state index < -0.39 is 10.0 Å². The minimum absolute atomic E-state index is 0.0448. The molecule has 8 nitrogen and oxygen atoms in total. The van der Waals surface area contributed by atoms with Crippen LogP contribution in [0.15, 0.2) is 52.5 Å². The molecular weight excluding hydrogens is 374 g/mol. The number of anilines is 2. The van der Waals surface area contributed by atoms with Gasteiger partial charge in [0.15, 0.2) is 0 Å². The molecule has 0 aliphatic carbocycles. The van der Waals surface area contributed by atoms with Gasteiger partial charge in [0.1, 0.15) is 0 Å². The average molecular weight is 391 g/mol. The molecule has 2 aromatic carbocycles. The maximum atomic E-state index is 12.5. The van der Waals surface area contributed by atoms with Crippen molar-refractivity contribution in [2.45, 2.75) is 11.8 Å². The zero-order valence-electron chi connectivity index (χ0n) is 14.1. The molecule has 0 saturated heterocycles. The van der Waals surface area contributed by atoms with Gasteiger partial charge in [-0.1, -0.05) is 23.5 Å². The first-order valence-electron chi connectivity index (χ1n) is 7.55. The molecule has 0 radical (unpaired) electrons. The van der Waals surface area contributed by atoms with E-state index in [1.54, 1.807) is 4.57 Å². The van der Waals surface area contributed by atoms with Crippen LogP contribution in [0, 0.1) is 0 Å². The highest BCUT2D eigenvalue weighted by atomic mass is 32.2. The average Bonchev–Trinajstić information content (AvgIpc) is 2.91. The summed E-state index contributed by atoms with van der Waals surface area (Å²) in [5.74, 6) is -0.294. The lowest BCUT2D eigenvalue weighted by Gasteiger charge is -2.09. The predicted octanol–water partition coefficient (Wildman–Crippen LogP) is 1.57. The third kappa shape index (κ3) is 3.55. The van der Waals surface area contributed by atoms with Crippen LogP contribution >= 0.6 is 11.3 Å². The molecule has 0 fully saturated rings. The minimum Gasteiger partial charge on any atom is -0.397 e. The quantitative estimate of drug-likeness (QED) is 0.462. The normalized spacial score (nSPS) is 12.3. The number of hydrogen-bond donors (Lipinski definition) is 3.